The first-order valence-corrected chi connectivity index (χ1v) is 9.62. The number of fused-ring (bicyclic) bond motifs is 3. The minimum Gasteiger partial charge on any atom is -0.459 e. The standard InChI is InChI=1S/C21H23N5O3/c1-4-25-17-11-14(2)29-20(17)16-12-23-26(21(28)19(16)25)13-18(27)24(3)10-8-15-7-5-6-9-22-15/h5-7,9,11-12H,4,8,10,13H2,1-3H3. The molecule has 4 aromatic heterocycles. The van der Waals surface area contributed by atoms with E-state index in [1.54, 1.807) is 24.3 Å². The maximum absolute atomic E-state index is 13.1. The van der Waals surface area contributed by atoms with Crippen molar-refractivity contribution in [1.82, 2.24) is 24.2 Å². The van der Waals surface area contributed by atoms with Gasteiger partial charge in [0.15, 0.2) is 5.58 Å². The Balaban J connectivity index is 1.58. The third kappa shape index (κ3) is 3.41. The molecule has 8 nitrogen and oxygen atoms in total. The van der Waals surface area contributed by atoms with Crippen molar-refractivity contribution < 1.29 is 9.21 Å². The van der Waals surface area contributed by atoms with E-state index in [1.807, 2.05) is 42.7 Å². The Bertz CT molecular complexity index is 1240. The molecule has 8 heteroatoms. The molecule has 0 radical (unpaired) electrons. The van der Waals surface area contributed by atoms with Gasteiger partial charge < -0.3 is 13.9 Å². The van der Waals surface area contributed by atoms with E-state index in [-0.39, 0.29) is 18.0 Å². The molecular formula is C21H23N5O3. The fourth-order valence-corrected chi connectivity index (χ4v) is 3.56. The fourth-order valence-electron chi connectivity index (χ4n) is 3.56. The minimum absolute atomic E-state index is 0.108. The molecule has 0 unspecified atom stereocenters. The van der Waals surface area contributed by atoms with E-state index in [0.29, 0.717) is 36.0 Å². The van der Waals surface area contributed by atoms with Gasteiger partial charge in [0.05, 0.1) is 17.1 Å². The molecule has 4 heterocycles. The number of carbonyl (C=O) groups excluding carboxylic acids is 1. The maximum Gasteiger partial charge on any atom is 0.291 e. The van der Waals surface area contributed by atoms with Crippen molar-refractivity contribution in [2.75, 3.05) is 13.6 Å². The number of pyridine rings is 1. The van der Waals surface area contributed by atoms with Gasteiger partial charge in [-0.2, -0.15) is 5.10 Å². The Morgan fingerprint density at radius 3 is 2.86 bits per heavy atom. The largest absolute Gasteiger partial charge is 0.459 e. The Morgan fingerprint density at radius 1 is 1.31 bits per heavy atom. The molecule has 0 saturated heterocycles. The number of rotatable bonds is 6. The predicted molar refractivity (Wildman–Crippen MR) is 110 cm³/mol. The number of aryl methyl sites for hydroxylation is 2. The molecule has 0 aliphatic carbocycles. The lowest BCUT2D eigenvalue weighted by Crippen LogP contribution is -2.36. The van der Waals surface area contributed by atoms with E-state index in [2.05, 4.69) is 10.1 Å². The van der Waals surface area contributed by atoms with Crippen LogP contribution < -0.4 is 5.56 Å². The molecule has 0 aromatic carbocycles. The monoisotopic (exact) mass is 393 g/mol. The number of hydrogen-bond acceptors (Lipinski definition) is 5. The number of hydrogen-bond donors (Lipinski definition) is 0. The third-order valence-electron chi connectivity index (χ3n) is 5.12. The first kappa shape index (κ1) is 18.9. The van der Waals surface area contributed by atoms with Crippen molar-refractivity contribution in [3.63, 3.8) is 0 Å². The van der Waals surface area contributed by atoms with Gasteiger partial charge in [0.25, 0.3) is 5.56 Å². The summed E-state index contributed by atoms with van der Waals surface area (Å²) in [7, 11) is 1.72. The van der Waals surface area contributed by atoms with Crippen LogP contribution in [0.3, 0.4) is 0 Å². The molecule has 0 spiro atoms. The zero-order valence-electron chi connectivity index (χ0n) is 16.8. The lowest BCUT2D eigenvalue weighted by atomic mass is 10.2. The van der Waals surface area contributed by atoms with Gasteiger partial charge in [-0.1, -0.05) is 6.07 Å². The normalized spacial score (nSPS) is 11.4. The summed E-state index contributed by atoms with van der Waals surface area (Å²) in [5.74, 6) is 0.608. The van der Waals surface area contributed by atoms with Gasteiger partial charge in [0, 0.05) is 44.5 Å². The molecular weight excluding hydrogens is 370 g/mol. The highest BCUT2D eigenvalue weighted by atomic mass is 16.3. The predicted octanol–water partition coefficient (Wildman–Crippen LogP) is 2.37. The van der Waals surface area contributed by atoms with Crippen LogP contribution in [0.2, 0.25) is 0 Å². The van der Waals surface area contributed by atoms with Crippen molar-refractivity contribution in [2.45, 2.75) is 33.4 Å². The average Bonchev–Trinajstić information content (AvgIpc) is 3.23. The van der Waals surface area contributed by atoms with Gasteiger partial charge in [-0.25, -0.2) is 4.68 Å². The highest BCUT2D eigenvalue weighted by molar-refractivity contribution is 6.04. The summed E-state index contributed by atoms with van der Waals surface area (Å²) < 4.78 is 8.90. The Morgan fingerprint density at radius 2 is 2.14 bits per heavy atom. The summed E-state index contributed by atoms with van der Waals surface area (Å²) in [6, 6.07) is 7.62. The summed E-state index contributed by atoms with van der Waals surface area (Å²) in [4.78, 5) is 31.5. The maximum atomic E-state index is 13.1. The van der Waals surface area contributed by atoms with Gasteiger partial charge in [-0.15, -0.1) is 0 Å². The van der Waals surface area contributed by atoms with Crippen LogP contribution >= 0.6 is 0 Å². The van der Waals surface area contributed by atoms with Gasteiger partial charge >= 0.3 is 0 Å². The van der Waals surface area contributed by atoms with Crippen molar-refractivity contribution in [1.29, 1.82) is 0 Å². The van der Waals surface area contributed by atoms with Crippen LogP contribution in [-0.4, -0.2) is 43.7 Å². The molecule has 150 valence electrons. The quantitative estimate of drug-likeness (QED) is 0.502. The van der Waals surface area contributed by atoms with E-state index in [0.717, 1.165) is 17.0 Å². The van der Waals surface area contributed by atoms with E-state index in [9.17, 15) is 9.59 Å². The van der Waals surface area contributed by atoms with Crippen molar-refractivity contribution in [2.24, 2.45) is 0 Å². The van der Waals surface area contributed by atoms with Crippen molar-refractivity contribution >= 4 is 27.9 Å². The highest BCUT2D eigenvalue weighted by Gasteiger charge is 2.20. The van der Waals surface area contributed by atoms with Crippen LogP contribution in [0.25, 0.3) is 22.0 Å². The Hall–Kier alpha value is -3.42. The number of carbonyl (C=O) groups is 1. The summed E-state index contributed by atoms with van der Waals surface area (Å²) >= 11 is 0. The number of aromatic nitrogens is 4. The number of furan rings is 1. The Kier molecular flexibility index (Phi) is 4.92. The average molecular weight is 393 g/mol. The fraction of sp³-hybridized carbons (Fsp3) is 0.333. The van der Waals surface area contributed by atoms with Crippen LogP contribution in [0, 0.1) is 6.92 Å². The van der Waals surface area contributed by atoms with Crippen molar-refractivity contribution in [3.8, 4) is 0 Å². The topological polar surface area (TPSA) is 86.2 Å². The molecule has 0 aliphatic rings. The van der Waals surface area contributed by atoms with Gasteiger partial charge in [-0.3, -0.25) is 14.6 Å². The SMILES string of the molecule is CCn1c2cc(C)oc2c2cnn(CC(=O)N(C)CCc3ccccn3)c(=O)c21. The number of amides is 1. The lowest BCUT2D eigenvalue weighted by Gasteiger charge is -2.17. The van der Waals surface area contributed by atoms with E-state index < -0.39 is 0 Å². The molecule has 0 fully saturated rings. The van der Waals surface area contributed by atoms with E-state index >= 15 is 0 Å². The second-order valence-electron chi connectivity index (χ2n) is 7.07. The lowest BCUT2D eigenvalue weighted by molar-refractivity contribution is -0.130. The molecule has 4 rings (SSSR count). The molecule has 0 saturated carbocycles. The Labute approximate surface area is 167 Å². The van der Waals surface area contributed by atoms with Crippen LogP contribution in [0.4, 0.5) is 0 Å². The van der Waals surface area contributed by atoms with Crippen LogP contribution in [0.1, 0.15) is 18.4 Å². The smallest absolute Gasteiger partial charge is 0.291 e. The molecule has 0 atom stereocenters. The van der Waals surface area contributed by atoms with Gasteiger partial charge in [0.1, 0.15) is 17.8 Å². The summed E-state index contributed by atoms with van der Waals surface area (Å²) in [6.07, 6.45) is 3.99. The van der Waals surface area contributed by atoms with Crippen LogP contribution in [-0.2, 0) is 24.3 Å². The second-order valence-corrected chi connectivity index (χ2v) is 7.07. The van der Waals surface area contributed by atoms with Gasteiger partial charge in [-0.05, 0) is 26.0 Å². The molecule has 0 bridgehead atoms. The van der Waals surface area contributed by atoms with E-state index in [1.165, 1.54) is 4.68 Å². The van der Waals surface area contributed by atoms with Crippen LogP contribution in [0.15, 0.2) is 45.9 Å². The molecule has 1 amide bonds. The van der Waals surface area contributed by atoms with Crippen LogP contribution in [0.5, 0.6) is 0 Å². The van der Waals surface area contributed by atoms with Gasteiger partial charge in [0.2, 0.25) is 5.91 Å². The zero-order valence-corrected chi connectivity index (χ0v) is 16.8. The highest BCUT2D eigenvalue weighted by Crippen LogP contribution is 2.29. The van der Waals surface area contributed by atoms with E-state index in [4.69, 9.17) is 4.42 Å². The molecule has 29 heavy (non-hydrogen) atoms. The molecule has 0 N–H and O–H groups in total. The van der Waals surface area contributed by atoms with Crippen molar-refractivity contribution in [3.05, 3.63) is 58.5 Å². The summed E-state index contributed by atoms with van der Waals surface area (Å²) in [5.41, 5.74) is 2.67. The molecule has 0 aliphatic heterocycles. The first-order chi connectivity index (χ1) is 14.0. The minimum atomic E-state index is -0.292. The number of likely N-dealkylation sites (N-methyl/N-ethyl adjacent to an activating group) is 1. The second kappa shape index (κ2) is 7.54. The first-order valence-electron chi connectivity index (χ1n) is 9.62. The molecule has 4 aromatic rings. The third-order valence-corrected chi connectivity index (χ3v) is 5.12. The summed E-state index contributed by atoms with van der Waals surface area (Å²) in [5, 5.41) is 4.90. The summed E-state index contributed by atoms with van der Waals surface area (Å²) in [6.45, 7) is 4.88. The zero-order chi connectivity index (χ0) is 20.5. The number of nitrogens with zero attached hydrogens (tertiary/aromatic N) is 5.